The van der Waals surface area contributed by atoms with Crippen molar-refractivity contribution in [1.82, 2.24) is 15.5 Å². The van der Waals surface area contributed by atoms with Crippen molar-refractivity contribution in [3.8, 4) is 0 Å². The Morgan fingerprint density at radius 2 is 1.56 bits per heavy atom. The van der Waals surface area contributed by atoms with E-state index in [4.69, 9.17) is 14.2 Å². The molecule has 0 aromatic carbocycles. The number of alkyl carbamates (subject to hydrolysis) is 1. The molecule has 178 valence electrons. The van der Waals surface area contributed by atoms with Crippen LogP contribution in [-0.2, 0) is 28.6 Å². The lowest BCUT2D eigenvalue weighted by Gasteiger charge is -2.18. The number of allylic oxidation sites excluding steroid dienone is 2. The second-order valence-corrected chi connectivity index (χ2v) is 7.42. The fourth-order valence-corrected chi connectivity index (χ4v) is 3.20. The largest absolute Gasteiger partial charge is 0.446 e. The van der Waals surface area contributed by atoms with Gasteiger partial charge in [0.05, 0.1) is 26.4 Å². The number of rotatable bonds is 13. The number of ether oxygens (including phenoxy) is 3. The molecule has 0 radical (unpaired) electrons. The van der Waals surface area contributed by atoms with Gasteiger partial charge in [-0.3, -0.25) is 19.3 Å². The van der Waals surface area contributed by atoms with Gasteiger partial charge in [0.15, 0.2) is 0 Å². The van der Waals surface area contributed by atoms with Gasteiger partial charge in [-0.05, 0) is 32.1 Å². The van der Waals surface area contributed by atoms with E-state index in [9.17, 15) is 19.2 Å². The van der Waals surface area contributed by atoms with Gasteiger partial charge in [-0.15, -0.1) is 0 Å². The summed E-state index contributed by atoms with van der Waals surface area (Å²) in [5.74, 6) is -1.05. The molecule has 0 saturated heterocycles. The molecule has 1 atom stereocenters. The van der Waals surface area contributed by atoms with Crippen LogP contribution in [0.4, 0.5) is 4.79 Å². The van der Waals surface area contributed by atoms with E-state index in [-0.39, 0.29) is 25.0 Å². The highest BCUT2D eigenvalue weighted by Crippen LogP contribution is 2.15. The first-order valence-electron chi connectivity index (χ1n) is 11.1. The number of nitrogens with zero attached hydrogens (tertiary/aromatic N) is 1. The molecule has 10 nitrogen and oxygen atoms in total. The number of nitrogens with one attached hydrogen (secondary N) is 2. The van der Waals surface area contributed by atoms with E-state index in [2.05, 4.69) is 22.8 Å². The summed E-state index contributed by atoms with van der Waals surface area (Å²) in [6.45, 7) is 2.14. The van der Waals surface area contributed by atoms with Crippen LogP contribution in [0.5, 0.6) is 0 Å². The van der Waals surface area contributed by atoms with Crippen molar-refractivity contribution in [2.24, 2.45) is 0 Å². The number of hydrogen-bond donors (Lipinski definition) is 2. The average Bonchev–Trinajstić information content (AvgIpc) is 3.07. The zero-order valence-corrected chi connectivity index (χ0v) is 18.4. The molecule has 2 aliphatic rings. The first kappa shape index (κ1) is 25.5. The van der Waals surface area contributed by atoms with E-state index in [1.165, 1.54) is 12.2 Å². The van der Waals surface area contributed by atoms with Crippen LogP contribution in [-0.4, -0.2) is 80.9 Å². The second-order valence-electron chi connectivity index (χ2n) is 7.42. The van der Waals surface area contributed by atoms with Crippen molar-refractivity contribution in [2.45, 2.75) is 44.6 Å². The molecule has 1 aliphatic carbocycles. The Labute approximate surface area is 188 Å². The molecule has 32 heavy (non-hydrogen) atoms. The first-order chi connectivity index (χ1) is 15.6. The fraction of sp³-hybridized carbons (Fsp3) is 0.636. The Morgan fingerprint density at radius 3 is 2.28 bits per heavy atom. The minimum absolute atomic E-state index is 0.0306. The van der Waals surface area contributed by atoms with Crippen molar-refractivity contribution in [3.05, 3.63) is 24.3 Å². The number of carbonyl (C=O) groups is 4. The molecule has 2 N–H and O–H groups in total. The van der Waals surface area contributed by atoms with Crippen LogP contribution >= 0.6 is 0 Å². The van der Waals surface area contributed by atoms with Gasteiger partial charge in [-0.25, -0.2) is 4.79 Å². The third-order valence-corrected chi connectivity index (χ3v) is 4.91. The molecule has 0 spiro atoms. The van der Waals surface area contributed by atoms with Crippen molar-refractivity contribution in [1.29, 1.82) is 0 Å². The lowest BCUT2D eigenvalue weighted by Crippen LogP contribution is -2.35. The zero-order valence-electron chi connectivity index (χ0n) is 18.4. The van der Waals surface area contributed by atoms with Gasteiger partial charge in [0, 0.05) is 38.2 Å². The van der Waals surface area contributed by atoms with E-state index in [1.807, 2.05) is 0 Å². The number of carbonyl (C=O) groups excluding carboxylic acids is 4. The zero-order chi connectivity index (χ0) is 23.0. The van der Waals surface area contributed by atoms with Crippen LogP contribution in [0.3, 0.4) is 0 Å². The summed E-state index contributed by atoms with van der Waals surface area (Å²) in [7, 11) is 0. The smallest absolute Gasteiger partial charge is 0.407 e. The molecular formula is C22H33N3O7. The molecular weight excluding hydrogens is 418 g/mol. The summed E-state index contributed by atoms with van der Waals surface area (Å²) in [6.07, 6.45) is 11.0. The molecule has 1 aliphatic heterocycles. The summed E-state index contributed by atoms with van der Waals surface area (Å²) in [4.78, 5) is 47.3. The fourth-order valence-electron chi connectivity index (χ4n) is 3.20. The number of amides is 4. The van der Waals surface area contributed by atoms with Crippen LogP contribution in [0, 0.1) is 0 Å². The highest BCUT2D eigenvalue weighted by Gasteiger charge is 2.23. The number of imide groups is 1. The maximum absolute atomic E-state index is 11.8. The SMILES string of the molecule is O=C(CCN1C(=O)C=CC1=O)NCCOCCOCCNC(=O)OC1CCC=CCCC1. The van der Waals surface area contributed by atoms with Gasteiger partial charge in [0.2, 0.25) is 5.91 Å². The first-order valence-corrected chi connectivity index (χ1v) is 11.1. The Balaban J connectivity index is 1.36. The van der Waals surface area contributed by atoms with Crippen LogP contribution in [0.2, 0.25) is 0 Å². The Morgan fingerprint density at radius 1 is 0.906 bits per heavy atom. The highest BCUT2D eigenvalue weighted by atomic mass is 16.6. The second kappa shape index (κ2) is 15.1. The maximum Gasteiger partial charge on any atom is 0.407 e. The van der Waals surface area contributed by atoms with Gasteiger partial charge in [0.1, 0.15) is 6.10 Å². The maximum atomic E-state index is 11.8. The summed E-state index contributed by atoms with van der Waals surface area (Å²) in [5, 5.41) is 5.35. The minimum atomic E-state index is -0.412. The summed E-state index contributed by atoms with van der Waals surface area (Å²) >= 11 is 0. The topological polar surface area (TPSA) is 123 Å². The van der Waals surface area contributed by atoms with E-state index in [0.29, 0.717) is 39.5 Å². The van der Waals surface area contributed by atoms with E-state index in [1.54, 1.807) is 0 Å². The predicted octanol–water partition coefficient (Wildman–Crippen LogP) is 1.07. The van der Waals surface area contributed by atoms with Gasteiger partial charge in [-0.2, -0.15) is 0 Å². The molecule has 10 heteroatoms. The van der Waals surface area contributed by atoms with E-state index < -0.39 is 17.9 Å². The van der Waals surface area contributed by atoms with Crippen LogP contribution < -0.4 is 10.6 Å². The van der Waals surface area contributed by atoms with Crippen molar-refractivity contribution in [3.63, 3.8) is 0 Å². The monoisotopic (exact) mass is 451 g/mol. The normalized spacial score (nSPS) is 18.4. The van der Waals surface area contributed by atoms with Gasteiger partial charge in [-0.1, -0.05) is 12.2 Å². The third kappa shape index (κ3) is 10.5. The molecule has 1 unspecified atom stereocenters. The van der Waals surface area contributed by atoms with Crippen LogP contribution in [0.1, 0.15) is 38.5 Å². The lowest BCUT2D eigenvalue weighted by atomic mass is 10.0. The van der Waals surface area contributed by atoms with Gasteiger partial charge in [0.25, 0.3) is 11.8 Å². The molecule has 2 rings (SSSR count). The van der Waals surface area contributed by atoms with Crippen molar-refractivity contribution in [2.75, 3.05) is 46.1 Å². The van der Waals surface area contributed by atoms with Crippen molar-refractivity contribution >= 4 is 23.8 Å². The Kier molecular flexibility index (Phi) is 12.1. The lowest BCUT2D eigenvalue weighted by molar-refractivity contribution is -0.137. The molecule has 0 fully saturated rings. The molecule has 0 aromatic heterocycles. The molecule has 0 aromatic rings. The highest BCUT2D eigenvalue weighted by molar-refractivity contribution is 6.13. The van der Waals surface area contributed by atoms with Crippen LogP contribution in [0.15, 0.2) is 24.3 Å². The van der Waals surface area contributed by atoms with Gasteiger partial charge >= 0.3 is 6.09 Å². The van der Waals surface area contributed by atoms with E-state index in [0.717, 1.165) is 37.0 Å². The minimum Gasteiger partial charge on any atom is -0.446 e. The molecule has 4 amide bonds. The van der Waals surface area contributed by atoms with Crippen molar-refractivity contribution < 1.29 is 33.4 Å². The summed E-state index contributed by atoms with van der Waals surface area (Å²) in [5.41, 5.74) is 0. The molecule has 0 bridgehead atoms. The standard InChI is InChI=1S/C22H33N3O7/c26-19(10-13-25-20(27)8-9-21(25)28)23-11-14-30-16-17-31-15-12-24-22(29)32-18-6-4-2-1-3-5-7-18/h1-2,8-9,18H,3-7,10-17H2,(H,23,26)(H,24,29). The van der Waals surface area contributed by atoms with E-state index >= 15 is 0 Å². The third-order valence-electron chi connectivity index (χ3n) is 4.91. The Bertz CT molecular complexity index is 675. The number of hydrogen-bond acceptors (Lipinski definition) is 7. The predicted molar refractivity (Wildman–Crippen MR) is 116 cm³/mol. The summed E-state index contributed by atoms with van der Waals surface area (Å²) in [6, 6.07) is 0. The molecule has 0 saturated carbocycles. The average molecular weight is 452 g/mol. The van der Waals surface area contributed by atoms with Gasteiger partial charge < -0.3 is 24.8 Å². The summed E-state index contributed by atoms with van der Waals surface area (Å²) < 4.78 is 16.2. The quantitative estimate of drug-likeness (QED) is 0.244. The molecule has 1 heterocycles. The Hall–Kier alpha value is -2.72. The van der Waals surface area contributed by atoms with Crippen LogP contribution in [0.25, 0.3) is 0 Å².